The molecule has 6 heterocycles. The van der Waals surface area contributed by atoms with Gasteiger partial charge in [-0.15, -0.1) is 0 Å². The Balaban J connectivity index is 1.06. The highest BCUT2D eigenvalue weighted by Crippen LogP contribution is 2.23. The second kappa shape index (κ2) is 15.9. The van der Waals surface area contributed by atoms with E-state index >= 15 is 0 Å². The van der Waals surface area contributed by atoms with E-state index in [0.29, 0.717) is 0 Å². The van der Waals surface area contributed by atoms with Gasteiger partial charge < -0.3 is 10.6 Å². The number of aryl methyl sites for hydroxylation is 2. The molecule has 10 rings (SSSR count). The van der Waals surface area contributed by atoms with Crippen LogP contribution in [0.15, 0.2) is 122 Å². The number of pyridine rings is 2. The lowest BCUT2D eigenvalue weighted by atomic mass is 10.0. The number of hydrogen-bond donors (Lipinski definition) is 2. The number of benzene rings is 4. The van der Waals surface area contributed by atoms with Crippen LogP contribution in [0.5, 0.6) is 0 Å². The number of anilines is 2. The number of hydrogen-bond acceptors (Lipinski definition) is 2. The van der Waals surface area contributed by atoms with Crippen LogP contribution in [0, 0.1) is 0 Å². The van der Waals surface area contributed by atoms with Crippen molar-refractivity contribution in [2.75, 3.05) is 23.7 Å². The molecule has 0 saturated heterocycles. The Kier molecular flexibility index (Phi) is 10.6. The molecule has 4 aliphatic rings. The third-order valence-corrected chi connectivity index (χ3v) is 10.0. The first-order valence-corrected chi connectivity index (χ1v) is 18.3. The predicted octanol–water partition coefficient (Wildman–Crippen LogP) is 9.41. The van der Waals surface area contributed by atoms with Crippen molar-refractivity contribution in [1.82, 2.24) is 0 Å². The first kappa shape index (κ1) is 31.9. The number of para-hydroxylation sites is 2. The van der Waals surface area contributed by atoms with E-state index in [2.05, 4.69) is 141 Å². The lowest BCUT2D eigenvalue weighted by molar-refractivity contribution is -0.662. The summed E-state index contributed by atoms with van der Waals surface area (Å²) in [6.45, 7) is 3.79. The third kappa shape index (κ3) is 8.05. The standard InChI is InChI=1S/C44H48N4/c1-2-4-6-12-30-46-42-28-32-48(44-16-10-8-14-40(42)44)34-38-25-21-36(22-26-38)18-17-35-19-23-37(24-20-35)33-47-31-27-41(45-29-11-5-3-1)39-13-7-9-15-43(39)47/h7-10,13-16,19-28,31-32H,1-6,11-12,17-18,29-30,33-34H2/p+2. The van der Waals surface area contributed by atoms with Crippen LogP contribution >= 0.6 is 0 Å². The van der Waals surface area contributed by atoms with Gasteiger partial charge in [0.1, 0.15) is 0 Å². The van der Waals surface area contributed by atoms with Gasteiger partial charge in [-0.1, -0.05) is 111 Å². The van der Waals surface area contributed by atoms with Gasteiger partial charge in [0.15, 0.2) is 25.5 Å². The van der Waals surface area contributed by atoms with Crippen LogP contribution in [0.1, 0.15) is 73.6 Å². The molecule has 2 aromatic heterocycles. The molecule has 8 bridgehead atoms. The van der Waals surface area contributed by atoms with Crippen molar-refractivity contribution in [1.29, 1.82) is 0 Å². The molecule has 244 valence electrons. The highest BCUT2D eigenvalue weighted by Gasteiger charge is 2.15. The Hall–Kier alpha value is -4.70. The highest BCUT2D eigenvalue weighted by atomic mass is 15.0. The summed E-state index contributed by atoms with van der Waals surface area (Å²) in [6, 6.07) is 40.6. The molecular formula is C44H50N4+2. The van der Waals surface area contributed by atoms with Gasteiger partial charge in [-0.25, -0.2) is 0 Å². The number of fused-ring (bicyclic) bond motifs is 3. The minimum absolute atomic E-state index is 0.870. The van der Waals surface area contributed by atoms with Gasteiger partial charge in [-0.2, -0.15) is 9.13 Å². The summed E-state index contributed by atoms with van der Waals surface area (Å²) in [5.41, 5.74) is 10.5. The fourth-order valence-corrected chi connectivity index (χ4v) is 7.22. The Morgan fingerprint density at radius 2 is 0.750 bits per heavy atom. The molecule has 2 N–H and O–H groups in total. The maximum absolute atomic E-state index is 3.75. The lowest BCUT2D eigenvalue weighted by Crippen LogP contribution is -2.35. The van der Waals surface area contributed by atoms with Gasteiger partial charge in [0.05, 0.1) is 22.1 Å². The fraction of sp³-hybridized carbons (Fsp3) is 0.318. The predicted molar refractivity (Wildman–Crippen MR) is 201 cm³/mol. The molecule has 0 radical (unpaired) electrons. The van der Waals surface area contributed by atoms with Crippen LogP contribution in [0.2, 0.25) is 0 Å². The molecular weight excluding hydrogens is 585 g/mol. The zero-order chi connectivity index (χ0) is 32.4. The number of rotatable bonds is 0. The summed E-state index contributed by atoms with van der Waals surface area (Å²) in [7, 11) is 0. The molecule has 4 aliphatic heterocycles. The van der Waals surface area contributed by atoms with Crippen molar-refractivity contribution in [3.63, 3.8) is 0 Å². The number of aromatic nitrogens is 2. The van der Waals surface area contributed by atoms with E-state index in [-0.39, 0.29) is 0 Å². The van der Waals surface area contributed by atoms with Crippen LogP contribution in [0.25, 0.3) is 21.8 Å². The topological polar surface area (TPSA) is 31.8 Å². The molecule has 4 heteroatoms. The van der Waals surface area contributed by atoms with E-state index in [9.17, 15) is 0 Å². The van der Waals surface area contributed by atoms with Crippen molar-refractivity contribution in [2.24, 2.45) is 0 Å². The van der Waals surface area contributed by atoms with Gasteiger partial charge in [0.2, 0.25) is 11.0 Å². The average molecular weight is 635 g/mol. The second-order valence-corrected chi connectivity index (χ2v) is 13.6. The van der Waals surface area contributed by atoms with Crippen LogP contribution in [-0.2, 0) is 25.9 Å². The fourth-order valence-electron chi connectivity index (χ4n) is 7.22. The van der Waals surface area contributed by atoms with Crippen molar-refractivity contribution in [2.45, 2.75) is 77.3 Å². The molecule has 0 amide bonds. The van der Waals surface area contributed by atoms with Crippen LogP contribution in [-0.4, -0.2) is 13.1 Å². The van der Waals surface area contributed by atoms with Gasteiger partial charge >= 0.3 is 0 Å². The smallest absolute Gasteiger partial charge is 0.214 e. The third-order valence-electron chi connectivity index (χ3n) is 10.0. The van der Waals surface area contributed by atoms with E-state index in [1.54, 1.807) is 0 Å². The average Bonchev–Trinajstić information content (AvgIpc) is 3.13. The van der Waals surface area contributed by atoms with E-state index in [0.717, 1.165) is 39.0 Å². The molecule has 0 saturated carbocycles. The van der Waals surface area contributed by atoms with Crippen molar-refractivity contribution in [3.8, 4) is 0 Å². The van der Waals surface area contributed by atoms with Crippen LogP contribution in [0.4, 0.5) is 11.4 Å². The van der Waals surface area contributed by atoms with Gasteiger partial charge in [0.25, 0.3) is 0 Å². The van der Waals surface area contributed by atoms with Crippen molar-refractivity contribution < 1.29 is 9.13 Å². The van der Waals surface area contributed by atoms with E-state index in [1.165, 1.54) is 107 Å². The molecule has 0 unspecified atom stereocenters. The van der Waals surface area contributed by atoms with E-state index < -0.39 is 0 Å². The number of nitrogens with one attached hydrogen (secondary N) is 2. The van der Waals surface area contributed by atoms with Crippen molar-refractivity contribution in [3.05, 3.63) is 144 Å². The Labute approximate surface area is 286 Å². The summed E-state index contributed by atoms with van der Waals surface area (Å²) in [5.74, 6) is 0. The quantitative estimate of drug-likeness (QED) is 0.163. The molecule has 0 fully saturated rings. The Morgan fingerprint density at radius 3 is 1.19 bits per heavy atom. The van der Waals surface area contributed by atoms with E-state index in [4.69, 9.17) is 0 Å². The first-order chi connectivity index (χ1) is 23.8. The minimum atomic E-state index is 0.870. The van der Waals surface area contributed by atoms with Crippen molar-refractivity contribution >= 4 is 33.2 Å². The SMILES string of the molecule is c1ccc2c(c1)c1cc[n+]2Cc2ccc(cc2)CCc2ccc(cc2)C[n+]2ccc(c3ccccc32)NCCCCCCCCCCN1. The highest BCUT2D eigenvalue weighted by molar-refractivity contribution is 5.89. The summed E-state index contributed by atoms with van der Waals surface area (Å²) >= 11 is 0. The largest absolute Gasteiger partial charge is 0.384 e. The maximum Gasteiger partial charge on any atom is 0.214 e. The van der Waals surface area contributed by atoms with Gasteiger partial charge in [-0.05, 0) is 48.9 Å². The van der Waals surface area contributed by atoms with Crippen LogP contribution in [0.3, 0.4) is 0 Å². The molecule has 6 aromatic rings. The zero-order valence-corrected chi connectivity index (χ0v) is 28.3. The summed E-state index contributed by atoms with van der Waals surface area (Å²) in [5, 5.41) is 10.1. The summed E-state index contributed by atoms with van der Waals surface area (Å²) in [4.78, 5) is 0. The normalized spacial score (nSPS) is 15.5. The summed E-state index contributed by atoms with van der Waals surface area (Å²) in [6.07, 6.45) is 16.9. The molecule has 0 spiro atoms. The molecule has 0 aliphatic carbocycles. The van der Waals surface area contributed by atoms with E-state index in [1.807, 2.05) is 0 Å². The van der Waals surface area contributed by atoms with Gasteiger partial charge in [0, 0.05) is 48.5 Å². The Bertz CT molecular complexity index is 1780. The zero-order valence-electron chi connectivity index (χ0n) is 28.3. The second-order valence-electron chi connectivity index (χ2n) is 13.6. The molecule has 48 heavy (non-hydrogen) atoms. The number of nitrogens with zero attached hydrogens (tertiary/aromatic N) is 2. The molecule has 0 atom stereocenters. The minimum Gasteiger partial charge on any atom is -0.384 e. The maximum atomic E-state index is 3.75. The van der Waals surface area contributed by atoms with Gasteiger partial charge in [-0.3, -0.25) is 0 Å². The Morgan fingerprint density at radius 1 is 0.375 bits per heavy atom. The molecule has 4 aromatic carbocycles. The first-order valence-electron chi connectivity index (χ1n) is 18.3. The van der Waals surface area contributed by atoms with Crippen LogP contribution < -0.4 is 19.8 Å². The lowest BCUT2D eigenvalue weighted by Gasteiger charge is -2.11. The monoisotopic (exact) mass is 634 g/mol. The molecule has 4 nitrogen and oxygen atoms in total. The summed E-state index contributed by atoms with van der Waals surface area (Å²) < 4.78 is 4.76.